The molecule has 1 amide bonds. The summed E-state index contributed by atoms with van der Waals surface area (Å²) in [5.74, 6) is 0.907. The lowest BCUT2D eigenvalue weighted by Gasteiger charge is -2.38. The van der Waals surface area contributed by atoms with Crippen LogP contribution in [0.25, 0.3) is 10.9 Å². The van der Waals surface area contributed by atoms with E-state index in [2.05, 4.69) is 21.0 Å². The maximum Gasteiger partial charge on any atom is 0.219 e. The van der Waals surface area contributed by atoms with Crippen LogP contribution in [0.3, 0.4) is 0 Å². The molecule has 100 valence electrons. The molecule has 0 aliphatic carbocycles. The number of carbonyl (C=O) groups is 1. The van der Waals surface area contributed by atoms with E-state index in [1.165, 1.54) is 0 Å². The van der Waals surface area contributed by atoms with Crippen molar-refractivity contribution in [2.45, 2.75) is 13.0 Å². The second-order valence-electron chi connectivity index (χ2n) is 4.71. The van der Waals surface area contributed by atoms with Gasteiger partial charge in [-0.1, -0.05) is 0 Å². The monoisotopic (exact) mass is 323 g/mol. The van der Waals surface area contributed by atoms with E-state index in [1.807, 2.05) is 27.9 Å². The molecule has 1 aliphatic heterocycles. The van der Waals surface area contributed by atoms with E-state index in [-0.39, 0.29) is 11.9 Å². The Morgan fingerprint density at radius 2 is 2.21 bits per heavy atom. The van der Waals surface area contributed by atoms with Gasteiger partial charge in [0.25, 0.3) is 0 Å². The molecule has 5 nitrogen and oxygen atoms in total. The van der Waals surface area contributed by atoms with Gasteiger partial charge in [0.1, 0.15) is 5.75 Å². The highest BCUT2D eigenvalue weighted by atomic mass is 79.9. The number of hydrogen-bond donors (Lipinski definition) is 0. The van der Waals surface area contributed by atoms with Gasteiger partial charge >= 0.3 is 0 Å². The molecular formula is C13H14BrN3O2. The third-order valence-corrected chi connectivity index (χ3v) is 4.14. The topological polar surface area (TPSA) is 47.4 Å². The highest BCUT2D eigenvalue weighted by Gasteiger charge is 2.31. The minimum Gasteiger partial charge on any atom is -0.495 e. The van der Waals surface area contributed by atoms with Crippen LogP contribution in [-0.4, -0.2) is 40.8 Å². The normalized spacial score (nSPS) is 15.6. The highest BCUT2D eigenvalue weighted by molar-refractivity contribution is 9.10. The van der Waals surface area contributed by atoms with Crippen molar-refractivity contribution in [1.29, 1.82) is 0 Å². The van der Waals surface area contributed by atoms with Crippen LogP contribution in [0.2, 0.25) is 0 Å². The molecule has 0 saturated carbocycles. The number of benzene rings is 1. The summed E-state index contributed by atoms with van der Waals surface area (Å²) in [6, 6.07) is 4.23. The van der Waals surface area contributed by atoms with Crippen LogP contribution in [0.4, 0.5) is 0 Å². The van der Waals surface area contributed by atoms with Gasteiger partial charge in [-0.05, 0) is 22.0 Å². The Morgan fingerprint density at radius 1 is 1.47 bits per heavy atom. The second-order valence-corrected chi connectivity index (χ2v) is 5.57. The summed E-state index contributed by atoms with van der Waals surface area (Å²) in [4.78, 5) is 13.0. The van der Waals surface area contributed by atoms with E-state index >= 15 is 0 Å². The predicted molar refractivity (Wildman–Crippen MR) is 75.3 cm³/mol. The van der Waals surface area contributed by atoms with Crippen LogP contribution in [0.15, 0.2) is 22.8 Å². The lowest BCUT2D eigenvalue weighted by Crippen LogP contribution is -2.50. The number of rotatable bonds is 2. The second kappa shape index (κ2) is 4.52. The van der Waals surface area contributed by atoms with Gasteiger partial charge < -0.3 is 9.64 Å². The molecule has 1 saturated heterocycles. The van der Waals surface area contributed by atoms with Gasteiger partial charge in [-0.25, -0.2) is 0 Å². The van der Waals surface area contributed by atoms with E-state index in [9.17, 15) is 4.79 Å². The smallest absolute Gasteiger partial charge is 0.219 e. The lowest BCUT2D eigenvalue weighted by atomic mass is 10.1. The van der Waals surface area contributed by atoms with Crippen molar-refractivity contribution < 1.29 is 9.53 Å². The van der Waals surface area contributed by atoms with Crippen molar-refractivity contribution >= 4 is 32.7 Å². The van der Waals surface area contributed by atoms with Gasteiger partial charge in [-0.3, -0.25) is 9.48 Å². The molecule has 0 spiro atoms. The van der Waals surface area contributed by atoms with Crippen LogP contribution in [0.5, 0.6) is 5.75 Å². The van der Waals surface area contributed by atoms with Gasteiger partial charge in [0, 0.05) is 31.5 Å². The summed E-state index contributed by atoms with van der Waals surface area (Å²) in [6.07, 6.45) is 1.84. The van der Waals surface area contributed by atoms with Crippen molar-refractivity contribution in [3.8, 4) is 5.75 Å². The number of likely N-dealkylation sites (tertiary alicyclic amines) is 1. The molecular weight excluding hydrogens is 310 g/mol. The van der Waals surface area contributed by atoms with Gasteiger partial charge in [0.15, 0.2) is 0 Å². The molecule has 3 rings (SSSR count). The number of amides is 1. The average molecular weight is 324 g/mol. The molecule has 1 aliphatic rings. The van der Waals surface area contributed by atoms with Crippen molar-refractivity contribution in [1.82, 2.24) is 14.7 Å². The Kier molecular flexibility index (Phi) is 2.97. The van der Waals surface area contributed by atoms with E-state index in [0.717, 1.165) is 34.2 Å². The van der Waals surface area contributed by atoms with Crippen LogP contribution in [0, 0.1) is 0 Å². The molecule has 0 N–H and O–H groups in total. The first-order chi connectivity index (χ1) is 9.10. The molecule has 19 heavy (non-hydrogen) atoms. The SMILES string of the molecule is COc1cc2c(cnn2C2CN(C(C)=O)C2)cc1Br. The molecule has 1 fully saturated rings. The molecule has 0 atom stereocenters. The van der Waals surface area contributed by atoms with Gasteiger partial charge in [-0.15, -0.1) is 0 Å². The van der Waals surface area contributed by atoms with Gasteiger partial charge in [0.2, 0.25) is 5.91 Å². The molecule has 0 radical (unpaired) electrons. The third kappa shape index (κ3) is 2.00. The highest BCUT2D eigenvalue weighted by Crippen LogP contribution is 2.32. The number of halogens is 1. The number of hydrogen-bond acceptors (Lipinski definition) is 3. The number of fused-ring (bicyclic) bond motifs is 1. The molecule has 1 aromatic heterocycles. The Labute approximate surface area is 119 Å². The van der Waals surface area contributed by atoms with Crippen molar-refractivity contribution in [3.05, 3.63) is 22.8 Å². The summed E-state index contributed by atoms with van der Waals surface area (Å²) in [7, 11) is 1.65. The molecule has 2 aromatic rings. The molecule has 0 unspecified atom stereocenters. The summed E-state index contributed by atoms with van der Waals surface area (Å²) in [6.45, 7) is 3.05. The quantitative estimate of drug-likeness (QED) is 0.851. The fraction of sp³-hybridized carbons (Fsp3) is 0.385. The Morgan fingerprint density at radius 3 is 2.84 bits per heavy atom. The number of ether oxygens (including phenoxy) is 1. The number of carbonyl (C=O) groups excluding carboxylic acids is 1. The lowest BCUT2D eigenvalue weighted by molar-refractivity contribution is -0.134. The fourth-order valence-electron chi connectivity index (χ4n) is 2.36. The van der Waals surface area contributed by atoms with Gasteiger partial charge in [0.05, 0.1) is 29.3 Å². The molecule has 6 heteroatoms. The number of nitrogens with zero attached hydrogens (tertiary/aromatic N) is 3. The third-order valence-electron chi connectivity index (χ3n) is 3.52. The van der Waals surface area contributed by atoms with Crippen LogP contribution < -0.4 is 4.74 Å². The summed E-state index contributed by atoms with van der Waals surface area (Å²) in [5, 5.41) is 5.49. The summed E-state index contributed by atoms with van der Waals surface area (Å²) < 4.78 is 8.21. The predicted octanol–water partition coefficient (Wildman–Crippen LogP) is 2.21. The molecule has 0 bridgehead atoms. The molecule has 1 aromatic carbocycles. The first-order valence-electron chi connectivity index (χ1n) is 6.06. The van der Waals surface area contributed by atoms with Crippen molar-refractivity contribution in [3.63, 3.8) is 0 Å². The zero-order valence-corrected chi connectivity index (χ0v) is 12.3. The minimum atomic E-state index is 0.119. The first-order valence-corrected chi connectivity index (χ1v) is 6.85. The maximum absolute atomic E-state index is 11.2. The Hall–Kier alpha value is -1.56. The first kappa shape index (κ1) is 12.5. The number of aromatic nitrogens is 2. The number of methoxy groups -OCH3 is 1. The van der Waals surface area contributed by atoms with Gasteiger partial charge in [-0.2, -0.15) is 5.10 Å². The van der Waals surface area contributed by atoms with Crippen LogP contribution in [0.1, 0.15) is 13.0 Å². The zero-order valence-electron chi connectivity index (χ0n) is 10.8. The standard InChI is InChI=1S/C13H14BrN3O2/c1-8(18)16-6-10(7-16)17-12-4-13(19-2)11(14)3-9(12)5-15-17/h3-5,10H,6-7H2,1-2H3. The van der Waals surface area contributed by atoms with E-state index in [0.29, 0.717) is 0 Å². The Bertz CT molecular complexity index is 647. The maximum atomic E-state index is 11.2. The molecule has 2 heterocycles. The van der Waals surface area contributed by atoms with E-state index < -0.39 is 0 Å². The van der Waals surface area contributed by atoms with E-state index in [4.69, 9.17) is 4.74 Å². The van der Waals surface area contributed by atoms with Crippen molar-refractivity contribution in [2.24, 2.45) is 0 Å². The summed E-state index contributed by atoms with van der Waals surface area (Å²) in [5.41, 5.74) is 1.04. The van der Waals surface area contributed by atoms with Crippen LogP contribution >= 0.6 is 15.9 Å². The average Bonchev–Trinajstić information content (AvgIpc) is 2.68. The van der Waals surface area contributed by atoms with Crippen LogP contribution in [-0.2, 0) is 4.79 Å². The van der Waals surface area contributed by atoms with E-state index in [1.54, 1.807) is 14.0 Å². The fourth-order valence-corrected chi connectivity index (χ4v) is 2.88. The zero-order chi connectivity index (χ0) is 13.6. The van der Waals surface area contributed by atoms with Crippen molar-refractivity contribution in [2.75, 3.05) is 20.2 Å². The minimum absolute atomic E-state index is 0.119. The Balaban J connectivity index is 1.95. The summed E-state index contributed by atoms with van der Waals surface area (Å²) >= 11 is 3.47. The largest absolute Gasteiger partial charge is 0.495 e.